The molecule has 0 saturated carbocycles. The van der Waals surface area contributed by atoms with E-state index in [2.05, 4.69) is 6.07 Å². The molecule has 7 heteroatoms. The predicted octanol–water partition coefficient (Wildman–Crippen LogP) is 3.94. The molecule has 150 valence electrons. The number of carboxylic acid groups (broad SMARTS) is 1. The van der Waals surface area contributed by atoms with E-state index in [4.69, 9.17) is 0 Å². The van der Waals surface area contributed by atoms with Gasteiger partial charge in [-0.25, -0.2) is 8.42 Å². The maximum atomic E-state index is 13.2. The van der Waals surface area contributed by atoms with Gasteiger partial charge in [0.15, 0.2) is 0 Å². The summed E-state index contributed by atoms with van der Waals surface area (Å²) in [6.07, 6.45) is 0. The largest absolute Gasteiger partial charge is 0.480 e. The SMILES string of the molecule is Cc1ccc(C)c(-c2ccc(S(=O)(=O)N3CCSC(C)(C)C3C(=O)O)cc2)c1. The van der Waals surface area contributed by atoms with Crippen molar-refractivity contribution in [1.29, 1.82) is 0 Å². The Morgan fingerprint density at radius 1 is 1.14 bits per heavy atom. The molecule has 5 nitrogen and oxygen atoms in total. The van der Waals surface area contributed by atoms with E-state index in [-0.39, 0.29) is 11.4 Å². The van der Waals surface area contributed by atoms with Crippen molar-refractivity contribution in [3.63, 3.8) is 0 Å². The lowest BCUT2D eigenvalue weighted by atomic mass is 9.99. The number of aryl methyl sites for hydroxylation is 2. The van der Waals surface area contributed by atoms with Crippen molar-refractivity contribution >= 4 is 27.8 Å². The van der Waals surface area contributed by atoms with E-state index in [1.807, 2.05) is 26.0 Å². The summed E-state index contributed by atoms with van der Waals surface area (Å²) < 4.78 is 26.9. The smallest absolute Gasteiger partial charge is 0.323 e. The molecule has 1 unspecified atom stereocenters. The van der Waals surface area contributed by atoms with Gasteiger partial charge in [0, 0.05) is 17.0 Å². The molecule has 28 heavy (non-hydrogen) atoms. The van der Waals surface area contributed by atoms with E-state index in [0.717, 1.165) is 26.6 Å². The summed E-state index contributed by atoms with van der Waals surface area (Å²) in [5.41, 5.74) is 4.24. The molecule has 0 aliphatic carbocycles. The van der Waals surface area contributed by atoms with Crippen molar-refractivity contribution in [3.8, 4) is 11.1 Å². The maximum absolute atomic E-state index is 13.2. The molecule has 0 spiro atoms. The Hall–Kier alpha value is -1.83. The van der Waals surface area contributed by atoms with Crippen LogP contribution in [0.3, 0.4) is 0 Å². The molecule has 1 N–H and O–H groups in total. The lowest BCUT2D eigenvalue weighted by Gasteiger charge is -2.42. The molecule has 0 aromatic heterocycles. The Morgan fingerprint density at radius 3 is 2.39 bits per heavy atom. The van der Waals surface area contributed by atoms with Crippen LogP contribution in [0, 0.1) is 13.8 Å². The first-order valence-corrected chi connectivity index (χ1v) is 11.5. The molecule has 1 aliphatic heterocycles. The van der Waals surface area contributed by atoms with Gasteiger partial charge in [-0.05, 0) is 56.5 Å². The first kappa shape index (κ1) is 20.9. The van der Waals surface area contributed by atoms with Gasteiger partial charge in [-0.2, -0.15) is 16.1 Å². The van der Waals surface area contributed by atoms with Gasteiger partial charge in [0.25, 0.3) is 0 Å². The first-order chi connectivity index (χ1) is 13.0. The van der Waals surface area contributed by atoms with Gasteiger partial charge in [-0.3, -0.25) is 4.79 Å². The van der Waals surface area contributed by atoms with Crippen LogP contribution in [0.5, 0.6) is 0 Å². The zero-order valence-electron chi connectivity index (χ0n) is 16.5. The van der Waals surface area contributed by atoms with E-state index >= 15 is 0 Å². The van der Waals surface area contributed by atoms with Crippen molar-refractivity contribution in [2.75, 3.05) is 12.3 Å². The number of carbonyl (C=O) groups is 1. The predicted molar refractivity (Wildman–Crippen MR) is 113 cm³/mol. The highest BCUT2D eigenvalue weighted by atomic mass is 32.2. The van der Waals surface area contributed by atoms with Crippen LogP contribution in [0.2, 0.25) is 0 Å². The van der Waals surface area contributed by atoms with Crippen LogP contribution in [-0.4, -0.2) is 46.9 Å². The Labute approximate surface area is 170 Å². The van der Waals surface area contributed by atoms with Crippen LogP contribution < -0.4 is 0 Å². The third-order valence-corrected chi connectivity index (χ3v) is 8.36. The van der Waals surface area contributed by atoms with Crippen LogP contribution in [0.25, 0.3) is 11.1 Å². The number of nitrogens with zero attached hydrogens (tertiary/aromatic N) is 1. The van der Waals surface area contributed by atoms with Gasteiger partial charge < -0.3 is 5.11 Å². The number of benzene rings is 2. The molecule has 2 aromatic carbocycles. The topological polar surface area (TPSA) is 74.7 Å². The fraction of sp³-hybridized carbons (Fsp3) is 0.381. The summed E-state index contributed by atoms with van der Waals surface area (Å²) in [6, 6.07) is 11.8. The van der Waals surface area contributed by atoms with Crippen molar-refractivity contribution in [2.24, 2.45) is 0 Å². The summed E-state index contributed by atoms with van der Waals surface area (Å²) >= 11 is 1.49. The van der Waals surface area contributed by atoms with Crippen LogP contribution >= 0.6 is 11.8 Å². The van der Waals surface area contributed by atoms with Gasteiger partial charge in [0.05, 0.1) is 4.90 Å². The van der Waals surface area contributed by atoms with E-state index in [1.165, 1.54) is 11.8 Å². The number of aliphatic carboxylic acids is 1. The molecular formula is C21H25NO4S2. The highest BCUT2D eigenvalue weighted by molar-refractivity contribution is 8.00. The number of thioether (sulfide) groups is 1. The number of hydrogen-bond acceptors (Lipinski definition) is 4. The summed E-state index contributed by atoms with van der Waals surface area (Å²) in [5, 5.41) is 9.68. The third kappa shape index (κ3) is 3.83. The molecule has 1 atom stereocenters. The van der Waals surface area contributed by atoms with Crippen molar-refractivity contribution in [3.05, 3.63) is 53.6 Å². The quantitative estimate of drug-likeness (QED) is 0.812. The second kappa shape index (κ2) is 7.54. The number of hydrogen-bond donors (Lipinski definition) is 1. The van der Waals surface area contributed by atoms with Crippen LogP contribution in [0.15, 0.2) is 47.4 Å². The van der Waals surface area contributed by atoms with Gasteiger partial charge in [-0.15, -0.1) is 0 Å². The van der Waals surface area contributed by atoms with Gasteiger partial charge >= 0.3 is 5.97 Å². The van der Waals surface area contributed by atoms with Crippen LogP contribution in [0.1, 0.15) is 25.0 Å². The minimum absolute atomic E-state index is 0.121. The van der Waals surface area contributed by atoms with Gasteiger partial charge in [-0.1, -0.05) is 35.9 Å². The zero-order chi connectivity index (χ0) is 20.7. The molecule has 1 heterocycles. The minimum Gasteiger partial charge on any atom is -0.480 e. The molecule has 1 fully saturated rings. The Kier molecular flexibility index (Phi) is 5.62. The van der Waals surface area contributed by atoms with Crippen molar-refractivity contribution in [1.82, 2.24) is 4.31 Å². The number of sulfonamides is 1. The molecule has 0 bridgehead atoms. The Morgan fingerprint density at radius 2 is 1.79 bits per heavy atom. The monoisotopic (exact) mass is 419 g/mol. The normalized spacial score (nSPS) is 20.1. The molecule has 2 aromatic rings. The van der Waals surface area contributed by atoms with Crippen LogP contribution in [0.4, 0.5) is 0 Å². The van der Waals surface area contributed by atoms with Gasteiger partial charge in [0.1, 0.15) is 6.04 Å². The second-order valence-electron chi connectivity index (χ2n) is 7.65. The second-order valence-corrected chi connectivity index (χ2v) is 11.3. The van der Waals surface area contributed by atoms with Crippen molar-refractivity contribution in [2.45, 2.75) is 43.4 Å². The van der Waals surface area contributed by atoms with Gasteiger partial charge in [0.2, 0.25) is 10.0 Å². The van der Waals surface area contributed by atoms with E-state index in [0.29, 0.717) is 5.75 Å². The van der Waals surface area contributed by atoms with E-state index in [9.17, 15) is 18.3 Å². The summed E-state index contributed by atoms with van der Waals surface area (Å²) in [4.78, 5) is 12.0. The molecule has 0 radical (unpaired) electrons. The Bertz CT molecular complexity index is 998. The highest BCUT2D eigenvalue weighted by Gasteiger charge is 2.48. The van der Waals surface area contributed by atoms with E-state index < -0.39 is 26.8 Å². The average Bonchev–Trinajstić information content (AvgIpc) is 2.62. The Balaban J connectivity index is 1.98. The number of carboxylic acids is 1. The first-order valence-electron chi connectivity index (χ1n) is 9.10. The lowest BCUT2D eigenvalue weighted by molar-refractivity contribution is -0.142. The minimum atomic E-state index is -3.91. The summed E-state index contributed by atoms with van der Waals surface area (Å²) in [7, 11) is -3.91. The fourth-order valence-electron chi connectivity index (χ4n) is 3.62. The summed E-state index contributed by atoms with van der Waals surface area (Å²) in [5.74, 6) is -0.552. The average molecular weight is 420 g/mol. The molecular weight excluding hydrogens is 394 g/mol. The molecule has 1 saturated heterocycles. The zero-order valence-corrected chi connectivity index (χ0v) is 18.1. The third-order valence-electron chi connectivity index (χ3n) is 5.13. The number of rotatable bonds is 4. The standard InChI is InChI=1S/C21H25NO4S2/c1-14-5-6-15(2)18(13-14)16-7-9-17(10-8-16)28(25,26)22-11-12-27-21(3,4)19(22)20(23)24/h5-10,13,19H,11-12H2,1-4H3,(H,23,24). The molecule has 0 amide bonds. The maximum Gasteiger partial charge on any atom is 0.323 e. The van der Waals surface area contributed by atoms with E-state index in [1.54, 1.807) is 38.1 Å². The lowest BCUT2D eigenvalue weighted by Crippen LogP contribution is -2.58. The molecule has 1 aliphatic rings. The molecule has 3 rings (SSSR count). The van der Waals surface area contributed by atoms with Crippen LogP contribution in [-0.2, 0) is 14.8 Å². The fourth-order valence-corrected chi connectivity index (χ4v) is 6.72. The summed E-state index contributed by atoms with van der Waals surface area (Å²) in [6.45, 7) is 7.78. The van der Waals surface area contributed by atoms with Crippen molar-refractivity contribution < 1.29 is 18.3 Å². The highest BCUT2D eigenvalue weighted by Crippen LogP contribution is 2.38.